The smallest absolute Gasteiger partial charge is 0.186 e. The highest BCUT2D eigenvalue weighted by atomic mass is 127. The molecule has 1 aliphatic heterocycles. The Morgan fingerprint density at radius 3 is 2.79 bits per heavy atom. The lowest BCUT2D eigenvalue weighted by Crippen LogP contribution is -2.45. The van der Waals surface area contributed by atoms with E-state index < -0.39 is 0 Å². The first-order chi connectivity index (χ1) is 13.6. The number of aromatic nitrogens is 1. The van der Waals surface area contributed by atoms with Crippen LogP contribution in [0.3, 0.4) is 0 Å². The van der Waals surface area contributed by atoms with Crippen LogP contribution >= 0.6 is 33.9 Å². The van der Waals surface area contributed by atoms with Crippen molar-refractivity contribution < 1.29 is 9.53 Å². The molecular formula is C21H22IN3O2S. The molecule has 0 radical (unpaired) electrons. The Labute approximate surface area is 182 Å². The molecule has 0 saturated carbocycles. The summed E-state index contributed by atoms with van der Waals surface area (Å²) in [7, 11) is 0. The number of aryl methyl sites for hydroxylation is 1. The van der Waals surface area contributed by atoms with Crippen molar-refractivity contribution in [1.29, 1.82) is 0 Å². The van der Waals surface area contributed by atoms with E-state index in [0.717, 1.165) is 61.0 Å². The highest BCUT2D eigenvalue weighted by Crippen LogP contribution is 2.30. The number of nitrogens with zero attached hydrogens (tertiary/aromatic N) is 3. The predicted octanol–water partition coefficient (Wildman–Crippen LogP) is 4.11. The van der Waals surface area contributed by atoms with E-state index in [1.807, 2.05) is 6.92 Å². The van der Waals surface area contributed by atoms with Gasteiger partial charge in [0, 0.05) is 36.3 Å². The fourth-order valence-electron chi connectivity index (χ4n) is 3.40. The first-order valence-corrected chi connectivity index (χ1v) is 11.2. The Morgan fingerprint density at radius 2 is 2.00 bits per heavy atom. The van der Waals surface area contributed by atoms with E-state index in [1.165, 1.54) is 13.8 Å². The summed E-state index contributed by atoms with van der Waals surface area (Å²) >= 11 is 4.13. The third-order valence-corrected chi connectivity index (χ3v) is 6.70. The zero-order valence-electron chi connectivity index (χ0n) is 15.7. The van der Waals surface area contributed by atoms with Crippen molar-refractivity contribution in [2.45, 2.75) is 13.5 Å². The number of piperazine rings is 1. The number of thiazole rings is 1. The molecule has 1 aromatic heterocycles. The van der Waals surface area contributed by atoms with E-state index in [2.05, 4.69) is 68.8 Å². The van der Waals surface area contributed by atoms with Crippen LogP contribution in [0.2, 0.25) is 0 Å². The maximum absolute atomic E-state index is 10.6. The molecule has 2 heterocycles. The van der Waals surface area contributed by atoms with Gasteiger partial charge in [-0.2, -0.15) is 0 Å². The Morgan fingerprint density at radius 1 is 1.18 bits per heavy atom. The average molecular weight is 507 g/mol. The van der Waals surface area contributed by atoms with Crippen LogP contribution in [0, 0.1) is 10.5 Å². The number of rotatable bonds is 6. The van der Waals surface area contributed by atoms with E-state index in [4.69, 9.17) is 9.72 Å². The molecule has 0 N–H and O–H groups in total. The molecular weight excluding hydrogens is 485 g/mol. The van der Waals surface area contributed by atoms with Crippen molar-refractivity contribution in [2.75, 3.05) is 37.7 Å². The predicted molar refractivity (Wildman–Crippen MR) is 123 cm³/mol. The largest absolute Gasteiger partial charge is 0.486 e. The van der Waals surface area contributed by atoms with Gasteiger partial charge in [-0.25, -0.2) is 4.98 Å². The van der Waals surface area contributed by atoms with Crippen LogP contribution in [0.15, 0.2) is 36.4 Å². The first-order valence-electron chi connectivity index (χ1n) is 9.32. The number of anilines is 1. The summed E-state index contributed by atoms with van der Waals surface area (Å²) < 4.78 is 8.03. The summed E-state index contributed by atoms with van der Waals surface area (Å²) in [6.07, 6.45) is 0.786. The van der Waals surface area contributed by atoms with Crippen molar-refractivity contribution in [2.24, 2.45) is 0 Å². The van der Waals surface area contributed by atoms with E-state index in [0.29, 0.717) is 0 Å². The highest BCUT2D eigenvalue weighted by molar-refractivity contribution is 14.1. The van der Waals surface area contributed by atoms with Gasteiger partial charge < -0.3 is 9.64 Å². The van der Waals surface area contributed by atoms with Gasteiger partial charge >= 0.3 is 0 Å². The summed E-state index contributed by atoms with van der Waals surface area (Å²) in [6.45, 7) is 6.97. The summed E-state index contributed by atoms with van der Waals surface area (Å²) in [4.78, 5) is 20.2. The van der Waals surface area contributed by atoms with Gasteiger partial charge in [-0.3, -0.25) is 9.69 Å². The number of fused-ring (bicyclic) bond motifs is 1. The van der Waals surface area contributed by atoms with Gasteiger partial charge in [0.25, 0.3) is 0 Å². The monoisotopic (exact) mass is 507 g/mol. The van der Waals surface area contributed by atoms with Gasteiger partial charge in [-0.05, 0) is 64.9 Å². The van der Waals surface area contributed by atoms with Crippen LogP contribution in [0.1, 0.15) is 11.1 Å². The lowest BCUT2D eigenvalue weighted by atomic mass is 10.1. The molecule has 0 spiro atoms. The van der Waals surface area contributed by atoms with Crippen molar-refractivity contribution in [1.82, 2.24) is 9.88 Å². The number of halogens is 1. The topological polar surface area (TPSA) is 45.7 Å². The quantitative estimate of drug-likeness (QED) is 0.371. The number of aldehydes is 1. The van der Waals surface area contributed by atoms with Gasteiger partial charge in [0.05, 0.1) is 10.2 Å². The fourth-order valence-corrected chi connectivity index (χ4v) is 5.16. The molecule has 146 valence electrons. The van der Waals surface area contributed by atoms with Gasteiger partial charge in [0.1, 0.15) is 12.4 Å². The Hall–Kier alpha value is -1.71. The maximum atomic E-state index is 10.6. The molecule has 0 unspecified atom stereocenters. The second-order valence-corrected chi connectivity index (χ2v) is 9.20. The van der Waals surface area contributed by atoms with Crippen LogP contribution in [0.4, 0.5) is 5.13 Å². The Kier molecular flexibility index (Phi) is 6.13. The molecule has 3 aromatic rings. The fraction of sp³-hybridized carbons (Fsp3) is 0.333. The summed E-state index contributed by atoms with van der Waals surface area (Å²) in [5, 5.41) is 1.12. The number of hydrogen-bond acceptors (Lipinski definition) is 6. The first kappa shape index (κ1) is 19.6. The van der Waals surface area contributed by atoms with E-state index in [1.54, 1.807) is 11.3 Å². The molecule has 28 heavy (non-hydrogen) atoms. The van der Waals surface area contributed by atoms with Gasteiger partial charge in [-0.1, -0.05) is 23.5 Å². The van der Waals surface area contributed by atoms with Crippen LogP contribution in [-0.2, 0) is 11.3 Å². The zero-order valence-corrected chi connectivity index (χ0v) is 18.7. The van der Waals surface area contributed by atoms with E-state index in [-0.39, 0.29) is 6.61 Å². The summed E-state index contributed by atoms with van der Waals surface area (Å²) in [5.74, 6) is 0.798. The molecule has 0 atom stereocenters. The number of ether oxygens (including phenoxy) is 1. The Bertz CT molecular complexity index is 983. The molecule has 1 aliphatic rings. The maximum Gasteiger partial charge on any atom is 0.186 e. The van der Waals surface area contributed by atoms with Gasteiger partial charge in [0.15, 0.2) is 11.4 Å². The lowest BCUT2D eigenvalue weighted by Gasteiger charge is -2.34. The minimum Gasteiger partial charge on any atom is -0.486 e. The molecule has 0 aliphatic carbocycles. The lowest BCUT2D eigenvalue weighted by molar-refractivity contribution is -0.109. The third kappa shape index (κ3) is 4.47. The molecule has 0 amide bonds. The molecule has 1 fully saturated rings. The van der Waals surface area contributed by atoms with Crippen LogP contribution in [-0.4, -0.2) is 49.0 Å². The highest BCUT2D eigenvalue weighted by Gasteiger charge is 2.20. The Balaban J connectivity index is 1.38. The SMILES string of the molecule is Cc1ccc(CN2CCN(c3nc4ccc(I)cc4s3)CC2)cc1OCC=O. The second kappa shape index (κ2) is 8.75. The van der Waals surface area contributed by atoms with Crippen molar-refractivity contribution in [3.05, 3.63) is 51.1 Å². The third-order valence-electron chi connectivity index (χ3n) is 4.95. The molecule has 7 heteroatoms. The molecule has 1 saturated heterocycles. The van der Waals surface area contributed by atoms with Gasteiger partial charge in [0.2, 0.25) is 0 Å². The molecule has 2 aromatic carbocycles. The van der Waals surface area contributed by atoms with Crippen LogP contribution in [0.25, 0.3) is 10.2 Å². The van der Waals surface area contributed by atoms with Crippen LogP contribution < -0.4 is 9.64 Å². The summed E-state index contributed by atoms with van der Waals surface area (Å²) in [5.41, 5.74) is 3.36. The average Bonchev–Trinajstić information content (AvgIpc) is 3.12. The second-order valence-electron chi connectivity index (χ2n) is 6.95. The number of benzene rings is 2. The van der Waals surface area contributed by atoms with Crippen molar-refractivity contribution in [3.63, 3.8) is 0 Å². The van der Waals surface area contributed by atoms with Crippen molar-refractivity contribution in [3.8, 4) is 5.75 Å². The number of carbonyl (C=O) groups excluding carboxylic acids is 1. The standard InChI is InChI=1S/C21H22IN3O2S/c1-15-2-3-16(12-19(15)27-11-10-26)14-24-6-8-25(9-7-24)21-23-18-5-4-17(22)13-20(18)28-21/h2-5,10,12-13H,6-9,11,14H2,1H3. The molecule has 5 nitrogen and oxygen atoms in total. The zero-order chi connectivity index (χ0) is 19.5. The summed E-state index contributed by atoms with van der Waals surface area (Å²) in [6, 6.07) is 12.7. The number of hydrogen-bond donors (Lipinski definition) is 0. The van der Waals surface area contributed by atoms with Crippen molar-refractivity contribution >= 4 is 55.6 Å². The van der Waals surface area contributed by atoms with E-state index in [9.17, 15) is 4.79 Å². The van der Waals surface area contributed by atoms with Crippen LogP contribution in [0.5, 0.6) is 5.75 Å². The minimum atomic E-state index is 0.101. The van der Waals surface area contributed by atoms with E-state index >= 15 is 0 Å². The molecule has 0 bridgehead atoms. The normalized spacial score (nSPS) is 15.1. The molecule has 4 rings (SSSR count). The van der Waals surface area contributed by atoms with Gasteiger partial charge in [-0.15, -0.1) is 0 Å². The number of carbonyl (C=O) groups is 1. The minimum absolute atomic E-state index is 0.101.